The van der Waals surface area contributed by atoms with Crippen molar-refractivity contribution in [3.63, 3.8) is 0 Å². The molecule has 2 aromatic rings. The summed E-state index contributed by atoms with van der Waals surface area (Å²) in [5.74, 6) is -7.38. The molecule has 1 aromatic heterocycles. The molecular formula is C28H31F5N4O5. The van der Waals surface area contributed by atoms with E-state index in [4.69, 9.17) is 14.2 Å². The molecule has 1 N–H and O–H groups in total. The van der Waals surface area contributed by atoms with Crippen molar-refractivity contribution in [2.75, 3.05) is 45.7 Å². The van der Waals surface area contributed by atoms with E-state index in [9.17, 15) is 31.5 Å². The molecule has 14 heteroatoms. The van der Waals surface area contributed by atoms with Crippen molar-refractivity contribution >= 4 is 17.5 Å². The maximum Gasteiger partial charge on any atom is 0.417 e. The molecule has 3 fully saturated rings. The second kappa shape index (κ2) is 11.0. The van der Waals surface area contributed by atoms with Crippen LogP contribution < -0.4 is 10.1 Å². The van der Waals surface area contributed by atoms with E-state index in [-0.39, 0.29) is 35.0 Å². The molecule has 1 aromatic carbocycles. The normalized spacial score (nSPS) is 29.8. The Bertz CT molecular complexity index is 1380. The zero-order valence-corrected chi connectivity index (χ0v) is 23.4. The van der Waals surface area contributed by atoms with Crippen LogP contribution in [0.25, 0.3) is 0 Å². The van der Waals surface area contributed by atoms with E-state index in [1.54, 1.807) is 4.90 Å². The van der Waals surface area contributed by atoms with Crippen molar-refractivity contribution in [1.82, 2.24) is 14.8 Å². The van der Waals surface area contributed by atoms with Crippen LogP contribution in [0.15, 0.2) is 30.5 Å². The molecule has 3 aliphatic heterocycles. The minimum atomic E-state index is -4.90. The summed E-state index contributed by atoms with van der Waals surface area (Å²) >= 11 is 0. The Kier molecular flexibility index (Phi) is 7.92. The average molecular weight is 599 g/mol. The lowest BCUT2D eigenvalue weighted by Gasteiger charge is -2.36. The van der Waals surface area contributed by atoms with Gasteiger partial charge in [0.1, 0.15) is 11.8 Å². The molecule has 0 spiro atoms. The molecule has 3 saturated heterocycles. The predicted octanol–water partition coefficient (Wildman–Crippen LogP) is 3.60. The first-order chi connectivity index (χ1) is 19.8. The fourth-order valence-corrected chi connectivity index (χ4v) is 6.15. The second-order valence-corrected chi connectivity index (χ2v) is 11.1. The number of amides is 2. The van der Waals surface area contributed by atoms with Gasteiger partial charge in [-0.05, 0) is 32.2 Å². The van der Waals surface area contributed by atoms with Crippen LogP contribution in [0.4, 0.5) is 27.6 Å². The number of hydrogen-bond donors (Lipinski definition) is 1. The first kappa shape index (κ1) is 30.1. The topological polar surface area (TPSA) is 93.2 Å². The van der Waals surface area contributed by atoms with E-state index in [1.807, 2.05) is 7.05 Å². The molecule has 0 aliphatic carbocycles. The highest BCUT2D eigenvalue weighted by molar-refractivity contribution is 5.98. The van der Waals surface area contributed by atoms with Crippen molar-refractivity contribution in [1.29, 1.82) is 0 Å². The lowest BCUT2D eigenvalue weighted by Crippen LogP contribution is -2.53. The fourth-order valence-electron chi connectivity index (χ4n) is 6.15. The zero-order chi connectivity index (χ0) is 30.6. The summed E-state index contributed by atoms with van der Waals surface area (Å²) < 4.78 is 87.4. The Balaban J connectivity index is 1.43. The van der Waals surface area contributed by atoms with Crippen LogP contribution in [0.3, 0.4) is 0 Å². The maximum absolute atomic E-state index is 14.6. The van der Waals surface area contributed by atoms with E-state index in [2.05, 4.69) is 15.2 Å². The van der Waals surface area contributed by atoms with Crippen LogP contribution in [-0.4, -0.2) is 97.0 Å². The number of rotatable bonds is 5. The van der Waals surface area contributed by atoms with Gasteiger partial charge in [-0.15, -0.1) is 0 Å². The molecule has 6 atom stereocenters. The Morgan fingerprint density at radius 3 is 2.62 bits per heavy atom. The highest BCUT2D eigenvalue weighted by Gasteiger charge is 2.66. The second-order valence-electron chi connectivity index (χ2n) is 11.1. The number of aromatic nitrogens is 1. The molecular weight excluding hydrogens is 567 g/mol. The van der Waals surface area contributed by atoms with Crippen LogP contribution in [0.5, 0.6) is 5.75 Å². The van der Waals surface area contributed by atoms with E-state index in [0.717, 1.165) is 26.2 Å². The van der Waals surface area contributed by atoms with Crippen molar-refractivity contribution < 1.29 is 45.8 Å². The van der Waals surface area contributed by atoms with Gasteiger partial charge in [-0.3, -0.25) is 14.6 Å². The summed E-state index contributed by atoms with van der Waals surface area (Å²) in [5, 5.41) is 2.52. The standard InChI is InChI=1S/C28H31F5N4O5/c1-14-21(16-5-6-17(29)22(30)23(16)40-4)24(42-27(14,2)28(31,32)33)25(38)35-15-7-8-34-18(11-15)26(39)37-9-10-41-20-13-36(3)12-19(20)37/h5-8,11,14,19-21,24H,9-10,12-13H2,1-4H3,(H,34,35,38)/t14-,19+,20-,21-,24+,27+/m0/s1. The summed E-state index contributed by atoms with van der Waals surface area (Å²) in [6, 6.07) is 4.39. The number of hydrogen-bond acceptors (Lipinski definition) is 7. The Labute approximate surface area is 238 Å². The minimum absolute atomic E-state index is 0.0302. The van der Waals surface area contributed by atoms with Crippen LogP contribution >= 0.6 is 0 Å². The van der Waals surface area contributed by atoms with Crippen molar-refractivity contribution in [3.8, 4) is 5.75 Å². The molecule has 5 rings (SSSR count). The third-order valence-electron chi connectivity index (χ3n) is 8.56. The number of nitrogens with one attached hydrogen (secondary N) is 1. The molecule has 0 unspecified atom stereocenters. The first-order valence-corrected chi connectivity index (χ1v) is 13.4. The van der Waals surface area contributed by atoms with E-state index in [0.29, 0.717) is 26.2 Å². The number of nitrogens with zero attached hydrogens (tertiary/aromatic N) is 3. The molecule has 0 bridgehead atoms. The number of fused-ring (bicyclic) bond motifs is 1. The highest BCUT2D eigenvalue weighted by Crippen LogP contribution is 2.55. The molecule has 2 amide bonds. The van der Waals surface area contributed by atoms with E-state index in [1.165, 1.54) is 25.3 Å². The predicted molar refractivity (Wildman–Crippen MR) is 139 cm³/mol. The van der Waals surface area contributed by atoms with Gasteiger partial charge in [0.05, 0.1) is 25.9 Å². The molecule has 0 saturated carbocycles. The van der Waals surface area contributed by atoms with Gasteiger partial charge in [-0.25, -0.2) is 4.39 Å². The average Bonchev–Trinajstić information content (AvgIpc) is 3.46. The van der Waals surface area contributed by atoms with Crippen LogP contribution in [-0.2, 0) is 14.3 Å². The Hall–Kier alpha value is -3.36. The molecule has 4 heterocycles. The van der Waals surface area contributed by atoms with Gasteiger partial charge in [0, 0.05) is 48.9 Å². The Morgan fingerprint density at radius 2 is 1.93 bits per heavy atom. The summed E-state index contributed by atoms with van der Waals surface area (Å²) in [6.45, 7) is 4.05. The summed E-state index contributed by atoms with van der Waals surface area (Å²) in [6.07, 6.45) is -5.50. The van der Waals surface area contributed by atoms with Crippen LogP contribution in [0.1, 0.15) is 35.8 Å². The lowest BCUT2D eigenvalue weighted by molar-refractivity contribution is -0.272. The quantitative estimate of drug-likeness (QED) is 0.526. The number of pyridine rings is 1. The van der Waals surface area contributed by atoms with Gasteiger partial charge >= 0.3 is 6.18 Å². The number of carbonyl (C=O) groups excluding carboxylic acids is 2. The number of methoxy groups -OCH3 is 1. The molecule has 0 radical (unpaired) electrons. The Morgan fingerprint density at radius 1 is 1.19 bits per heavy atom. The molecule has 9 nitrogen and oxygen atoms in total. The molecule has 42 heavy (non-hydrogen) atoms. The van der Waals surface area contributed by atoms with Gasteiger partial charge in [0.2, 0.25) is 5.82 Å². The van der Waals surface area contributed by atoms with E-state index >= 15 is 0 Å². The summed E-state index contributed by atoms with van der Waals surface area (Å²) in [7, 11) is 2.98. The largest absolute Gasteiger partial charge is 0.493 e. The minimum Gasteiger partial charge on any atom is -0.493 e. The maximum atomic E-state index is 14.6. The monoisotopic (exact) mass is 598 g/mol. The summed E-state index contributed by atoms with van der Waals surface area (Å²) in [5.41, 5.74) is -2.82. The number of halogens is 5. The highest BCUT2D eigenvalue weighted by atomic mass is 19.4. The fraction of sp³-hybridized carbons (Fsp3) is 0.536. The van der Waals surface area contributed by atoms with Crippen molar-refractivity contribution in [3.05, 3.63) is 53.4 Å². The van der Waals surface area contributed by atoms with Crippen molar-refractivity contribution in [2.45, 2.75) is 49.8 Å². The molecule has 228 valence electrons. The number of likely N-dealkylation sites (tertiary alicyclic amines) is 1. The number of benzene rings is 1. The van der Waals surface area contributed by atoms with Gasteiger partial charge in [0.15, 0.2) is 17.2 Å². The lowest BCUT2D eigenvalue weighted by atomic mass is 9.77. The first-order valence-electron chi connectivity index (χ1n) is 13.4. The van der Waals surface area contributed by atoms with Crippen LogP contribution in [0, 0.1) is 17.6 Å². The van der Waals surface area contributed by atoms with Crippen molar-refractivity contribution in [2.24, 2.45) is 5.92 Å². The third-order valence-corrected chi connectivity index (χ3v) is 8.56. The van der Waals surface area contributed by atoms with Gasteiger partial charge < -0.3 is 29.3 Å². The number of likely N-dealkylation sites (N-methyl/N-ethyl adjacent to an activating group) is 1. The smallest absolute Gasteiger partial charge is 0.417 e. The zero-order valence-electron chi connectivity index (χ0n) is 23.4. The van der Waals surface area contributed by atoms with Gasteiger partial charge in [-0.2, -0.15) is 17.6 Å². The number of ether oxygens (including phenoxy) is 3. The van der Waals surface area contributed by atoms with Crippen LogP contribution in [0.2, 0.25) is 0 Å². The number of alkyl halides is 3. The summed E-state index contributed by atoms with van der Waals surface area (Å²) in [4.78, 5) is 34.8. The van der Waals surface area contributed by atoms with E-state index < -0.39 is 53.0 Å². The third kappa shape index (κ3) is 5.09. The van der Waals surface area contributed by atoms with Gasteiger partial charge in [-0.1, -0.05) is 13.0 Å². The molecule has 3 aliphatic rings. The number of carbonyl (C=O) groups is 2. The SMILES string of the molecule is COc1c([C@H]2[C@H](C(=O)Nc3ccnc(C(=O)N4CCO[C@H]5CN(C)C[C@H]54)c3)O[C@@](C)(C(F)(F)F)[C@H]2C)ccc(F)c1F. The number of anilines is 1. The van der Waals surface area contributed by atoms with Gasteiger partial charge in [0.25, 0.3) is 11.8 Å². The number of morpholine rings is 1.